The van der Waals surface area contributed by atoms with Gasteiger partial charge in [0.15, 0.2) is 0 Å². The molecule has 1 fully saturated rings. The van der Waals surface area contributed by atoms with Crippen molar-refractivity contribution in [2.45, 2.75) is 64.9 Å². The minimum absolute atomic E-state index is 0.341. The molecular weight excluding hydrogens is 248 g/mol. The lowest BCUT2D eigenvalue weighted by Gasteiger charge is -2.06. The molecule has 1 aromatic rings. The molecule has 0 unspecified atom stereocenters. The van der Waals surface area contributed by atoms with Gasteiger partial charge in [0.1, 0.15) is 0 Å². The van der Waals surface area contributed by atoms with Crippen LogP contribution in [-0.4, -0.2) is 24.9 Å². The average molecular weight is 280 g/mol. The van der Waals surface area contributed by atoms with Gasteiger partial charge in [-0.25, -0.2) is 0 Å². The molecule has 0 amide bonds. The monoisotopic (exact) mass is 280 g/mol. The number of hydrogen-bond donors (Lipinski definition) is 1. The number of benzene rings is 1. The zero-order chi connectivity index (χ0) is 15.1. The van der Waals surface area contributed by atoms with E-state index in [1.165, 1.54) is 44.1 Å². The van der Waals surface area contributed by atoms with E-state index in [1.807, 2.05) is 6.07 Å². The summed E-state index contributed by atoms with van der Waals surface area (Å²) in [6, 6.07) is 10.4. The fraction of sp³-hybridized carbons (Fsp3) is 0.667. The number of aliphatic hydroxyl groups excluding tert-OH is 1. The molecule has 2 rings (SSSR count). The van der Waals surface area contributed by atoms with Crippen molar-refractivity contribution in [3.8, 4) is 0 Å². The van der Waals surface area contributed by atoms with Gasteiger partial charge < -0.3 is 9.84 Å². The molecule has 0 radical (unpaired) electrons. The molecule has 116 valence electrons. The fourth-order valence-corrected chi connectivity index (χ4v) is 2.12. The Morgan fingerprint density at radius 1 is 0.900 bits per heavy atom. The maximum absolute atomic E-state index is 7.00. The molecular formula is C18H32O2. The van der Waals surface area contributed by atoms with E-state index in [-0.39, 0.29) is 0 Å². The molecule has 2 heteroatoms. The zero-order valence-electron chi connectivity index (χ0n) is 13.5. The Balaban J connectivity index is 0.000000377. The maximum Gasteiger partial charge on any atom is 0.0519 e. The van der Waals surface area contributed by atoms with Crippen molar-refractivity contribution in [3.63, 3.8) is 0 Å². The lowest BCUT2D eigenvalue weighted by atomic mass is 10.0. The highest BCUT2D eigenvalue weighted by Gasteiger charge is 1.95. The van der Waals surface area contributed by atoms with Crippen molar-refractivity contribution in [1.82, 2.24) is 0 Å². The van der Waals surface area contributed by atoms with E-state index in [0.717, 1.165) is 20.1 Å². The van der Waals surface area contributed by atoms with Crippen LogP contribution < -0.4 is 0 Å². The fourth-order valence-electron chi connectivity index (χ4n) is 2.12. The predicted octanol–water partition coefficient (Wildman–Crippen LogP) is 4.60. The molecule has 1 aliphatic carbocycles. The Bertz CT molecular complexity index is 267. The first kappa shape index (κ1) is 19.1. The summed E-state index contributed by atoms with van der Waals surface area (Å²) in [6.45, 7) is 4.94. The van der Waals surface area contributed by atoms with E-state index in [4.69, 9.17) is 9.84 Å². The zero-order valence-corrected chi connectivity index (χ0v) is 13.5. The van der Waals surface area contributed by atoms with Crippen molar-refractivity contribution >= 4 is 0 Å². The molecule has 0 bridgehead atoms. The van der Waals surface area contributed by atoms with Crippen LogP contribution in [0.15, 0.2) is 30.3 Å². The molecule has 0 aromatic heterocycles. The summed E-state index contributed by atoms with van der Waals surface area (Å²) in [5, 5.41) is 7.00. The third-order valence-corrected chi connectivity index (χ3v) is 3.18. The Kier molecular flexibility index (Phi) is 13.9. The van der Waals surface area contributed by atoms with Crippen molar-refractivity contribution < 1.29 is 9.84 Å². The third kappa shape index (κ3) is 12.2. The molecule has 0 saturated heterocycles. The summed E-state index contributed by atoms with van der Waals surface area (Å²) >= 11 is 0. The van der Waals surface area contributed by atoms with Crippen molar-refractivity contribution in [2.24, 2.45) is 0 Å². The molecule has 0 aliphatic heterocycles. The summed E-state index contributed by atoms with van der Waals surface area (Å²) in [6.07, 6.45) is 10.4. The second-order valence-corrected chi connectivity index (χ2v) is 5.28. The van der Waals surface area contributed by atoms with Crippen LogP contribution in [0.25, 0.3) is 0 Å². The number of ether oxygens (including phenoxy) is 1. The Morgan fingerprint density at radius 2 is 1.35 bits per heavy atom. The second kappa shape index (κ2) is 14.5. The van der Waals surface area contributed by atoms with Crippen LogP contribution in [-0.2, 0) is 11.2 Å². The second-order valence-electron chi connectivity index (χ2n) is 5.28. The molecule has 20 heavy (non-hydrogen) atoms. The van der Waals surface area contributed by atoms with Crippen molar-refractivity contribution in [3.05, 3.63) is 35.9 Å². The van der Waals surface area contributed by atoms with Crippen LogP contribution in [0.5, 0.6) is 0 Å². The van der Waals surface area contributed by atoms with Gasteiger partial charge in [-0.1, -0.05) is 68.9 Å². The van der Waals surface area contributed by atoms with Gasteiger partial charge in [0.2, 0.25) is 0 Å². The van der Waals surface area contributed by atoms with Gasteiger partial charge in [0.05, 0.1) is 12.7 Å². The van der Waals surface area contributed by atoms with Crippen LogP contribution in [0.2, 0.25) is 0 Å². The molecule has 1 aromatic carbocycles. The molecule has 2 nitrogen and oxygen atoms in total. The summed E-state index contributed by atoms with van der Waals surface area (Å²) in [7, 11) is 1.00. The van der Waals surface area contributed by atoms with Crippen LogP contribution >= 0.6 is 0 Å². The van der Waals surface area contributed by atoms with Crippen molar-refractivity contribution in [1.29, 1.82) is 0 Å². The SMILES string of the molecule is C1CCCCC1.CC(C)OCCc1ccccc1.CO. The molecule has 0 atom stereocenters. The van der Waals surface area contributed by atoms with E-state index in [1.54, 1.807) is 0 Å². The van der Waals surface area contributed by atoms with Crippen LogP contribution in [0.1, 0.15) is 57.9 Å². The van der Waals surface area contributed by atoms with E-state index in [2.05, 4.69) is 38.1 Å². The van der Waals surface area contributed by atoms with Gasteiger partial charge in [-0.15, -0.1) is 0 Å². The molecule has 1 N–H and O–H groups in total. The average Bonchev–Trinajstić information content (AvgIpc) is 2.52. The highest BCUT2D eigenvalue weighted by molar-refractivity contribution is 5.14. The van der Waals surface area contributed by atoms with Gasteiger partial charge in [-0.2, -0.15) is 0 Å². The minimum atomic E-state index is 0.341. The van der Waals surface area contributed by atoms with Crippen LogP contribution in [0.3, 0.4) is 0 Å². The van der Waals surface area contributed by atoms with Crippen LogP contribution in [0.4, 0.5) is 0 Å². The molecule has 0 spiro atoms. The summed E-state index contributed by atoms with van der Waals surface area (Å²) in [4.78, 5) is 0. The summed E-state index contributed by atoms with van der Waals surface area (Å²) < 4.78 is 5.45. The van der Waals surface area contributed by atoms with Crippen LogP contribution in [0, 0.1) is 0 Å². The summed E-state index contributed by atoms with van der Waals surface area (Å²) in [5.41, 5.74) is 1.35. The minimum Gasteiger partial charge on any atom is -0.400 e. The number of aliphatic hydroxyl groups is 1. The smallest absolute Gasteiger partial charge is 0.0519 e. The van der Waals surface area contributed by atoms with E-state index in [0.29, 0.717) is 6.10 Å². The maximum atomic E-state index is 7.00. The van der Waals surface area contributed by atoms with Gasteiger partial charge in [0.25, 0.3) is 0 Å². The topological polar surface area (TPSA) is 29.5 Å². The molecule has 1 aliphatic rings. The number of rotatable bonds is 4. The van der Waals surface area contributed by atoms with E-state index in [9.17, 15) is 0 Å². The van der Waals surface area contributed by atoms with Gasteiger partial charge in [0, 0.05) is 7.11 Å². The Labute approximate surface area is 125 Å². The Hall–Kier alpha value is -0.860. The molecule has 0 heterocycles. The lowest BCUT2D eigenvalue weighted by Crippen LogP contribution is -2.05. The first-order valence-electron chi connectivity index (χ1n) is 7.89. The lowest BCUT2D eigenvalue weighted by molar-refractivity contribution is 0.0813. The normalized spacial score (nSPS) is 13.8. The van der Waals surface area contributed by atoms with E-state index >= 15 is 0 Å². The highest BCUT2D eigenvalue weighted by atomic mass is 16.5. The predicted molar refractivity (Wildman–Crippen MR) is 87.1 cm³/mol. The van der Waals surface area contributed by atoms with Gasteiger partial charge in [-0.3, -0.25) is 0 Å². The van der Waals surface area contributed by atoms with Crippen molar-refractivity contribution in [2.75, 3.05) is 13.7 Å². The third-order valence-electron chi connectivity index (χ3n) is 3.18. The first-order chi connectivity index (χ1) is 9.79. The van der Waals surface area contributed by atoms with E-state index < -0.39 is 0 Å². The standard InChI is InChI=1S/C11H16O.C6H12.CH4O/c1-10(2)12-9-8-11-6-4-3-5-7-11;1-2-4-6-5-3-1;1-2/h3-7,10H,8-9H2,1-2H3;1-6H2;2H,1H3. The summed E-state index contributed by atoms with van der Waals surface area (Å²) in [5.74, 6) is 0. The number of hydrogen-bond acceptors (Lipinski definition) is 2. The largest absolute Gasteiger partial charge is 0.400 e. The Morgan fingerprint density at radius 3 is 1.75 bits per heavy atom. The highest BCUT2D eigenvalue weighted by Crippen LogP contribution is 2.15. The van der Waals surface area contributed by atoms with Gasteiger partial charge in [-0.05, 0) is 25.8 Å². The molecule has 1 saturated carbocycles. The van der Waals surface area contributed by atoms with Gasteiger partial charge >= 0.3 is 0 Å². The quantitative estimate of drug-likeness (QED) is 0.873. The first-order valence-corrected chi connectivity index (χ1v) is 7.89.